The summed E-state index contributed by atoms with van der Waals surface area (Å²) in [4.78, 5) is 0. The third kappa shape index (κ3) is 2.89. The van der Waals surface area contributed by atoms with E-state index in [2.05, 4.69) is 32.9 Å². The monoisotopic (exact) mass is 244 g/mol. The summed E-state index contributed by atoms with van der Waals surface area (Å²) in [6.45, 7) is 6.70. The van der Waals surface area contributed by atoms with Crippen molar-refractivity contribution in [2.75, 3.05) is 0 Å². The van der Waals surface area contributed by atoms with Crippen LogP contribution in [0.3, 0.4) is 0 Å². The molecule has 0 fully saturated rings. The van der Waals surface area contributed by atoms with Crippen molar-refractivity contribution >= 4 is 0 Å². The summed E-state index contributed by atoms with van der Waals surface area (Å²) >= 11 is 0. The van der Waals surface area contributed by atoms with E-state index in [4.69, 9.17) is 4.74 Å². The second-order valence-electron chi connectivity index (χ2n) is 4.62. The first-order chi connectivity index (χ1) is 8.56. The van der Waals surface area contributed by atoms with Gasteiger partial charge in [-0.3, -0.25) is 0 Å². The van der Waals surface area contributed by atoms with Gasteiger partial charge in [-0.15, -0.1) is 0 Å². The van der Waals surface area contributed by atoms with Crippen molar-refractivity contribution in [3.05, 3.63) is 64.5 Å². The van der Waals surface area contributed by atoms with Gasteiger partial charge in [0.1, 0.15) is 18.2 Å². The molecule has 94 valence electrons. The Labute approximate surface area is 107 Å². The fourth-order valence-electron chi connectivity index (χ4n) is 2.15. The second kappa shape index (κ2) is 5.21. The molecule has 1 nitrogen and oxygen atoms in total. The number of hydrogen-bond acceptors (Lipinski definition) is 1. The highest BCUT2D eigenvalue weighted by Crippen LogP contribution is 2.19. The minimum atomic E-state index is -0.273. The summed E-state index contributed by atoms with van der Waals surface area (Å²) in [6.07, 6.45) is 0. The van der Waals surface area contributed by atoms with Gasteiger partial charge in [-0.05, 0) is 49.6 Å². The summed E-state index contributed by atoms with van der Waals surface area (Å²) in [5.41, 5.74) is 4.84. The molecule has 2 heteroatoms. The van der Waals surface area contributed by atoms with E-state index in [1.54, 1.807) is 12.1 Å². The lowest BCUT2D eigenvalue weighted by molar-refractivity contribution is 0.303. The molecule has 0 unspecified atom stereocenters. The van der Waals surface area contributed by atoms with E-state index in [9.17, 15) is 4.39 Å². The average Bonchev–Trinajstić information content (AvgIpc) is 2.27. The van der Waals surface area contributed by atoms with Crippen LogP contribution in [0.1, 0.15) is 22.3 Å². The molecule has 0 aliphatic heterocycles. The molecule has 0 aliphatic rings. The number of hydrogen-bond donors (Lipinski definition) is 0. The molecule has 0 saturated carbocycles. The fourth-order valence-corrected chi connectivity index (χ4v) is 2.15. The zero-order chi connectivity index (χ0) is 13.1. The first-order valence-corrected chi connectivity index (χ1v) is 6.01. The normalized spacial score (nSPS) is 10.4. The molecule has 2 aromatic rings. The molecule has 0 aliphatic carbocycles. The number of benzene rings is 2. The highest BCUT2D eigenvalue weighted by molar-refractivity contribution is 5.37. The maximum absolute atomic E-state index is 13.0. The summed E-state index contributed by atoms with van der Waals surface area (Å²) in [7, 11) is 0. The zero-order valence-electron chi connectivity index (χ0n) is 11.0. The molecule has 0 radical (unpaired) electrons. The Morgan fingerprint density at radius 1 is 1.00 bits per heavy atom. The maximum atomic E-state index is 13.0. The first kappa shape index (κ1) is 12.6. The molecular formula is C16H17FO. The van der Waals surface area contributed by atoms with Gasteiger partial charge in [0.2, 0.25) is 0 Å². The molecule has 0 atom stereocenters. The van der Waals surface area contributed by atoms with Crippen LogP contribution in [0.5, 0.6) is 5.75 Å². The van der Waals surface area contributed by atoms with Crippen molar-refractivity contribution in [2.45, 2.75) is 27.4 Å². The highest BCUT2D eigenvalue weighted by atomic mass is 19.1. The Morgan fingerprint density at radius 3 is 2.28 bits per heavy atom. The van der Waals surface area contributed by atoms with E-state index < -0.39 is 0 Å². The molecular weight excluding hydrogens is 227 g/mol. The summed E-state index contributed by atoms with van der Waals surface area (Å²) in [5, 5.41) is 0. The van der Waals surface area contributed by atoms with Crippen LogP contribution < -0.4 is 4.74 Å². The van der Waals surface area contributed by atoms with E-state index >= 15 is 0 Å². The van der Waals surface area contributed by atoms with E-state index in [0.29, 0.717) is 12.4 Å². The summed E-state index contributed by atoms with van der Waals surface area (Å²) in [6, 6.07) is 10.5. The second-order valence-corrected chi connectivity index (χ2v) is 4.62. The molecule has 0 amide bonds. The number of halogens is 1. The van der Waals surface area contributed by atoms with E-state index in [0.717, 1.165) is 0 Å². The Bertz CT molecular complexity index is 538. The third-order valence-corrected chi connectivity index (χ3v) is 3.02. The van der Waals surface area contributed by atoms with Crippen LogP contribution in [0, 0.1) is 26.6 Å². The Kier molecular flexibility index (Phi) is 3.66. The first-order valence-electron chi connectivity index (χ1n) is 6.01. The standard InChI is InChI=1S/C16H17FO/c1-11-7-12(2)16(13(3)8-11)10-18-15-6-4-5-14(17)9-15/h4-9H,10H2,1-3H3. The molecule has 0 heterocycles. The fraction of sp³-hybridized carbons (Fsp3) is 0.250. The predicted octanol–water partition coefficient (Wildman–Crippen LogP) is 4.33. The van der Waals surface area contributed by atoms with Crippen LogP contribution in [0.4, 0.5) is 4.39 Å². The van der Waals surface area contributed by atoms with Crippen molar-refractivity contribution in [3.63, 3.8) is 0 Å². The molecule has 0 N–H and O–H groups in total. The summed E-state index contributed by atoms with van der Waals surface area (Å²) in [5.74, 6) is 0.291. The lowest BCUT2D eigenvalue weighted by atomic mass is 10.0. The maximum Gasteiger partial charge on any atom is 0.126 e. The van der Waals surface area contributed by atoms with Gasteiger partial charge in [-0.2, -0.15) is 0 Å². The van der Waals surface area contributed by atoms with Crippen LogP contribution in [-0.2, 0) is 6.61 Å². The van der Waals surface area contributed by atoms with Crippen LogP contribution in [0.15, 0.2) is 36.4 Å². The van der Waals surface area contributed by atoms with Crippen LogP contribution in [0.2, 0.25) is 0 Å². The topological polar surface area (TPSA) is 9.23 Å². The van der Waals surface area contributed by atoms with Gasteiger partial charge in [-0.1, -0.05) is 23.8 Å². The van der Waals surface area contributed by atoms with Crippen LogP contribution in [0.25, 0.3) is 0 Å². The van der Waals surface area contributed by atoms with E-state index in [-0.39, 0.29) is 5.82 Å². The van der Waals surface area contributed by atoms with E-state index in [1.165, 1.54) is 34.4 Å². The van der Waals surface area contributed by atoms with Crippen molar-refractivity contribution in [1.29, 1.82) is 0 Å². The minimum Gasteiger partial charge on any atom is -0.489 e. The Balaban J connectivity index is 2.16. The van der Waals surface area contributed by atoms with Crippen LogP contribution >= 0.6 is 0 Å². The lowest BCUT2D eigenvalue weighted by Gasteiger charge is -2.12. The van der Waals surface area contributed by atoms with E-state index in [1.807, 2.05) is 0 Å². The molecule has 0 bridgehead atoms. The lowest BCUT2D eigenvalue weighted by Crippen LogP contribution is -2.01. The van der Waals surface area contributed by atoms with Crippen molar-refractivity contribution in [2.24, 2.45) is 0 Å². The molecule has 2 rings (SSSR count). The quantitative estimate of drug-likeness (QED) is 0.780. The van der Waals surface area contributed by atoms with Gasteiger partial charge in [0.25, 0.3) is 0 Å². The number of aryl methyl sites for hydroxylation is 3. The van der Waals surface area contributed by atoms with Gasteiger partial charge >= 0.3 is 0 Å². The molecule has 2 aromatic carbocycles. The van der Waals surface area contributed by atoms with Gasteiger partial charge < -0.3 is 4.74 Å². The highest BCUT2D eigenvalue weighted by Gasteiger charge is 2.05. The predicted molar refractivity (Wildman–Crippen MR) is 71.4 cm³/mol. The Morgan fingerprint density at radius 2 is 1.67 bits per heavy atom. The van der Waals surface area contributed by atoms with Crippen molar-refractivity contribution < 1.29 is 9.13 Å². The SMILES string of the molecule is Cc1cc(C)c(COc2cccc(F)c2)c(C)c1. The third-order valence-electron chi connectivity index (χ3n) is 3.02. The van der Waals surface area contributed by atoms with Gasteiger partial charge in [0.15, 0.2) is 0 Å². The van der Waals surface area contributed by atoms with Gasteiger partial charge in [0, 0.05) is 6.07 Å². The largest absolute Gasteiger partial charge is 0.489 e. The molecule has 0 aromatic heterocycles. The van der Waals surface area contributed by atoms with Crippen molar-refractivity contribution in [1.82, 2.24) is 0 Å². The molecule has 0 saturated heterocycles. The van der Waals surface area contributed by atoms with Crippen molar-refractivity contribution in [3.8, 4) is 5.75 Å². The van der Waals surface area contributed by atoms with Gasteiger partial charge in [-0.25, -0.2) is 4.39 Å². The minimum absolute atomic E-state index is 0.273. The Hall–Kier alpha value is -1.83. The molecule has 0 spiro atoms. The van der Waals surface area contributed by atoms with Gasteiger partial charge in [0.05, 0.1) is 0 Å². The number of ether oxygens (including phenoxy) is 1. The molecule has 18 heavy (non-hydrogen) atoms. The average molecular weight is 244 g/mol. The van der Waals surface area contributed by atoms with Crippen LogP contribution in [-0.4, -0.2) is 0 Å². The summed E-state index contributed by atoms with van der Waals surface area (Å²) < 4.78 is 18.7. The smallest absolute Gasteiger partial charge is 0.126 e. The zero-order valence-corrected chi connectivity index (χ0v) is 11.0. The number of rotatable bonds is 3.